The van der Waals surface area contributed by atoms with Crippen LogP contribution in [-0.2, 0) is 4.79 Å². The zero-order valence-corrected chi connectivity index (χ0v) is 12.8. The van der Waals surface area contributed by atoms with Gasteiger partial charge in [-0.2, -0.15) is 0 Å². The highest BCUT2D eigenvalue weighted by atomic mass is 16.5. The third kappa shape index (κ3) is 4.20. The van der Waals surface area contributed by atoms with E-state index in [1.807, 2.05) is 0 Å². The Balaban J connectivity index is 2.30. The molecule has 0 aliphatic heterocycles. The topological polar surface area (TPSA) is 72.8 Å². The molecule has 0 amide bonds. The Morgan fingerprint density at radius 3 is 2.13 bits per heavy atom. The van der Waals surface area contributed by atoms with E-state index in [0.717, 1.165) is 0 Å². The average molecular weight is 312 g/mol. The van der Waals surface area contributed by atoms with Crippen LogP contribution in [0.25, 0.3) is 6.08 Å². The fourth-order valence-electron chi connectivity index (χ4n) is 1.92. The van der Waals surface area contributed by atoms with E-state index in [9.17, 15) is 14.7 Å². The van der Waals surface area contributed by atoms with E-state index in [-0.39, 0.29) is 11.5 Å². The number of ether oxygens (including phenoxy) is 2. The van der Waals surface area contributed by atoms with Gasteiger partial charge in [-0.3, -0.25) is 4.79 Å². The van der Waals surface area contributed by atoms with Crippen LogP contribution in [0.5, 0.6) is 11.5 Å². The number of hydrogen-bond donors (Lipinski definition) is 1. The summed E-state index contributed by atoms with van der Waals surface area (Å²) in [5, 5.41) is 9.31. The van der Waals surface area contributed by atoms with Gasteiger partial charge in [-0.05, 0) is 30.7 Å². The fraction of sp³-hybridized carbons (Fsp3) is 0.111. The number of hydrogen-bond acceptors (Lipinski definition) is 4. The van der Waals surface area contributed by atoms with E-state index < -0.39 is 5.97 Å². The second kappa shape index (κ2) is 7.26. The number of carboxylic acids is 1. The van der Waals surface area contributed by atoms with Crippen molar-refractivity contribution in [3.8, 4) is 11.5 Å². The third-order valence-corrected chi connectivity index (χ3v) is 3.11. The number of carbonyl (C=O) groups is 2. The number of ketones is 1. The van der Waals surface area contributed by atoms with Gasteiger partial charge in [-0.15, -0.1) is 0 Å². The quantitative estimate of drug-likeness (QED) is 0.503. The van der Waals surface area contributed by atoms with E-state index in [2.05, 4.69) is 0 Å². The first-order valence-corrected chi connectivity index (χ1v) is 6.88. The summed E-state index contributed by atoms with van der Waals surface area (Å²) in [6.07, 6.45) is 1.39. The molecule has 23 heavy (non-hydrogen) atoms. The van der Waals surface area contributed by atoms with E-state index in [1.54, 1.807) is 48.5 Å². The smallest absolute Gasteiger partial charge is 0.371 e. The molecule has 0 saturated carbocycles. The molecule has 0 saturated heterocycles. The molecule has 118 valence electrons. The zero-order chi connectivity index (χ0) is 16.8. The lowest BCUT2D eigenvalue weighted by atomic mass is 10.1. The molecule has 1 N–H and O–H groups in total. The monoisotopic (exact) mass is 312 g/mol. The lowest BCUT2D eigenvalue weighted by molar-refractivity contribution is -0.134. The van der Waals surface area contributed by atoms with Crippen LogP contribution < -0.4 is 9.47 Å². The fourth-order valence-corrected chi connectivity index (χ4v) is 1.92. The van der Waals surface area contributed by atoms with Crippen LogP contribution in [0.4, 0.5) is 0 Å². The summed E-state index contributed by atoms with van der Waals surface area (Å²) in [4.78, 5) is 22.6. The number of rotatable bonds is 6. The summed E-state index contributed by atoms with van der Waals surface area (Å²) in [7, 11) is 1.48. The van der Waals surface area contributed by atoms with Crippen LogP contribution in [-0.4, -0.2) is 24.0 Å². The summed E-state index contributed by atoms with van der Waals surface area (Å²) in [6.45, 7) is 1.47. The second-order valence-corrected chi connectivity index (χ2v) is 4.74. The molecular formula is C18H16O5. The molecule has 0 fully saturated rings. The van der Waals surface area contributed by atoms with Crippen molar-refractivity contribution in [1.82, 2.24) is 0 Å². The molecule has 0 bridgehead atoms. The van der Waals surface area contributed by atoms with Gasteiger partial charge in [0.15, 0.2) is 17.3 Å². The molecule has 0 spiro atoms. The molecule has 0 heterocycles. The molecule has 0 aliphatic rings. The van der Waals surface area contributed by atoms with Crippen LogP contribution in [0.1, 0.15) is 22.8 Å². The molecule has 2 aromatic carbocycles. The second-order valence-electron chi connectivity index (χ2n) is 4.74. The Morgan fingerprint density at radius 2 is 1.61 bits per heavy atom. The van der Waals surface area contributed by atoms with Crippen molar-refractivity contribution >= 4 is 17.8 Å². The molecule has 2 rings (SSSR count). The van der Waals surface area contributed by atoms with Crippen molar-refractivity contribution in [1.29, 1.82) is 0 Å². The Bertz CT molecular complexity index is 744. The van der Waals surface area contributed by atoms with Crippen LogP contribution >= 0.6 is 0 Å². The molecule has 0 unspecified atom stereocenters. The number of carboxylic acid groups (broad SMARTS) is 1. The van der Waals surface area contributed by atoms with Gasteiger partial charge < -0.3 is 14.6 Å². The summed E-state index contributed by atoms with van der Waals surface area (Å²) in [5.41, 5.74) is 1.17. The molecule has 0 atom stereocenters. The Morgan fingerprint density at radius 1 is 1.00 bits per heavy atom. The highest BCUT2D eigenvalue weighted by Gasteiger charge is 2.13. The predicted molar refractivity (Wildman–Crippen MR) is 85.7 cm³/mol. The maximum absolute atomic E-state index is 11.4. The van der Waals surface area contributed by atoms with Crippen molar-refractivity contribution in [2.75, 3.05) is 7.11 Å². The minimum atomic E-state index is -1.20. The van der Waals surface area contributed by atoms with Crippen molar-refractivity contribution in [2.45, 2.75) is 6.92 Å². The standard InChI is InChI=1S/C18H16O5/c1-12(19)14-9-7-13(8-10-14)11-17(18(20)21)23-16-6-4-3-5-15(16)22-2/h3-11H,1-2H3,(H,20,21). The van der Waals surface area contributed by atoms with E-state index in [1.165, 1.54) is 20.1 Å². The highest BCUT2D eigenvalue weighted by molar-refractivity contribution is 5.94. The van der Waals surface area contributed by atoms with Crippen LogP contribution in [0.15, 0.2) is 54.3 Å². The molecule has 0 aliphatic carbocycles. The summed E-state index contributed by atoms with van der Waals surface area (Å²) in [5.74, 6) is -0.753. The minimum absolute atomic E-state index is 0.0516. The largest absolute Gasteiger partial charge is 0.493 e. The third-order valence-electron chi connectivity index (χ3n) is 3.11. The molecular weight excluding hydrogens is 296 g/mol. The van der Waals surface area contributed by atoms with Crippen molar-refractivity contribution in [3.63, 3.8) is 0 Å². The lowest BCUT2D eigenvalue weighted by Gasteiger charge is -2.10. The van der Waals surface area contributed by atoms with Gasteiger partial charge in [0, 0.05) is 5.56 Å². The first kappa shape index (κ1) is 16.3. The minimum Gasteiger partial charge on any atom is -0.493 e. The SMILES string of the molecule is COc1ccccc1OC(=Cc1ccc(C(C)=O)cc1)C(=O)O. The Kier molecular flexibility index (Phi) is 5.15. The van der Waals surface area contributed by atoms with E-state index in [0.29, 0.717) is 22.6 Å². The number of aliphatic carboxylic acids is 1. The number of carbonyl (C=O) groups excluding carboxylic acids is 1. The van der Waals surface area contributed by atoms with Crippen LogP contribution in [0.2, 0.25) is 0 Å². The van der Waals surface area contributed by atoms with Gasteiger partial charge in [0.05, 0.1) is 7.11 Å². The van der Waals surface area contributed by atoms with Gasteiger partial charge in [0.25, 0.3) is 0 Å². The number of para-hydroxylation sites is 2. The van der Waals surface area contributed by atoms with Crippen LogP contribution in [0, 0.1) is 0 Å². The summed E-state index contributed by atoms with van der Waals surface area (Å²) < 4.78 is 10.6. The summed E-state index contributed by atoms with van der Waals surface area (Å²) in [6, 6.07) is 13.4. The van der Waals surface area contributed by atoms with Gasteiger partial charge in [0.1, 0.15) is 0 Å². The lowest BCUT2D eigenvalue weighted by Crippen LogP contribution is -2.08. The van der Waals surface area contributed by atoms with Crippen molar-refractivity contribution in [2.24, 2.45) is 0 Å². The highest BCUT2D eigenvalue weighted by Crippen LogP contribution is 2.28. The normalized spacial score (nSPS) is 11.0. The van der Waals surface area contributed by atoms with Gasteiger partial charge in [-0.1, -0.05) is 36.4 Å². The molecule has 2 aromatic rings. The molecule has 0 radical (unpaired) electrons. The first-order chi connectivity index (χ1) is 11.0. The van der Waals surface area contributed by atoms with Gasteiger partial charge in [0.2, 0.25) is 5.76 Å². The van der Waals surface area contributed by atoms with Crippen molar-refractivity contribution in [3.05, 3.63) is 65.4 Å². The predicted octanol–water partition coefficient (Wildman–Crippen LogP) is 3.40. The number of methoxy groups -OCH3 is 1. The summed E-state index contributed by atoms with van der Waals surface area (Å²) >= 11 is 0. The Labute approximate surface area is 133 Å². The number of Topliss-reactive ketones (excluding diaryl/α,β-unsaturated/α-hetero) is 1. The van der Waals surface area contributed by atoms with E-state index in [4.69, 9.17) is 9.47 Å². The average Bonchev–Trinajstić information content (AvgIpc) is 2.55. The van der Waals surface area contributed by atoms with Gasteiger partial charge >= 0.3 is 5.97 Å². The molecule has 5 heteroatoms. The molecule has 5 nitrogen and oxygen atoms in total. The van der Waals surface area contributed by atoms with Crippen molar-refractivity contribution < 1.29 is 24.2 Å². The zero-order valence-electron chi connectivity index (χ0n) is 12.8. The number of benzene rings is 2. The first-order valence-electron chi connectivity index (χ1n) is 6.88. The Hall–Kier alpha value is -3.08. The van der Waals surface area contributed by atoms with Crippen LogP contribution in [0.3, 0.4) is 0 Å². The molecule has 0 aromatic heterocycles. The van der Waals surface area contributed by atoms with Gasteiger partial charge in [-0.25, -0.2) is 4.79 Å². The maximum Gasteiger partial charge on any atom is 0.371 e. The maximum atomic E-state index is 11.4. The van der Waals surface area contributed by atoms with E-state index >= 15 is 0 Å².